The van der Waals surface area contributed by atoms with Gasteiger partial charge in [0.05, 0.1) is 0 Å². The van der Waals surface area contributed by atoms with Crippen LogP contribution in [-0.4, -0.2) is 6.04 Å². The van der Waals surface area contributed by atoms with Gasteiger partial charge in [0.25, 0.3) is 0 Å². The maximum absolute atomic E-state index is 13.0. The van der Waals surface area contributed by atoms with Crippen LogP contribution in [0.15, 0.2) is 46.9 Å². The minimum absolute atomic E-state index is 0.220. The molecule has 0 heterocycles. The Morgan fingerprint density at radius 1 is 1.06 bits per heavy atom. The average molecular weight is 306 g/mol. The number of hydrogen-bond donors (Lipinski definition) is 1. The van der Waals surface area contributed by atoms with E-state index in [9.17, 15) is 4.39 Å². The van der Waals surface area contributed by atoms with Crippen LogP contribution in [0.4, 0.5) is 10.1 Å². The third-order valence-corrected chi connectivity index (χ3v) is 4.00. The van der Waals surface area contributed by atoms with Crippen molar-refractivity contribution >= 4 is 21.6 Å². The molecule has 0 aromatic heterocycles. The molecule has 0 saturated carbocycles. The van der Waals surface area contributed by atoms with Crippen molar-refractivity contribution < 1.29 is 4.39 Å². The lowest BCUT2D eigenvalue weighted by Gasteiger charge is -2.15. The molecule has 2 aromatic carbocycles. The Kier molecular flexibility index (Phi) is 3.08. The highest BCUT2D eigenvalue weighted by Gasteiger charge is 2.21. The molecule has 0 radical (unpaired) electrons. The maximum atomic E-state index is 13.0. The summed E-state index contributed by atoms with van der Waals surface area (Å²) in [5.41, 5.74) is 3.77. The van der Waals surface area contributed by atoms with E-state index in [1.165, 1.54) is 23.3 Å². The van der Waals surface area contributed by atoms with Crippen LogP contribution in [0.3, 0.4) is 0 Å². The lowest BCUT2D eigenvalue weighted by atomic mass is 10.1. The van der Waals surface area contributed by atoms with Gasteiger partial charge in [-0.15, -0.1) is 0 Å². The second kappa shape index (κ2) is 4.73. The van der Waals surface area contributed by atoms with Gasteiger partial charge in [-0.25, -0.2) is 4.39 Å². The van der Waals surface area contributed by atoms with E-state index in [0.29, 0.717) is 6.04 Å². The Balaban J connectivity index is 1.76. The molecule has 3 heteroatoms. The van der Waals surface area contributed by atoms with Crippen molar-refractivity contribution in [2.75, 3.05) is 5.32 Å². The maximum Gasteiger partial charge on any atom is 0.124 e. The molecule has 92 valence electrons. The van der Waals surface area contributed by atoms with Crippen LogP contribution < -0.4 is 5.32 Å². The van der Waals surface area contributed by atoms with Crippen LogP contribution in [-0.2, 0) is 12.8 Å². The third-order valence-electron chi connectivity index (χ3n) is 3.34. The Morgan fingerprint density at radius 3 is 2.33 bits per heavy atom. The van der Waals surface area contributed by atoms with Crippen LogP contribution >= 0.6 is 15.9 Å². The number of anilines is 1. The molecule has 18 heavy (non-hydrogen) atoms. The van der Waals surface area contributed by atoms with Gasteiger partial charge < -0.3 is 5.32 Å². The van der Waals surface area contributed by atoms with Gasteiger partial charge >= 0.3 is 0 Å². The topological polar surface area (TPSA) is 12.0 Å². The summed E-state index contributed by atoms with van der Waals surface area (Å²) in [6, 6.07) is 13.7. The van der Waals surface area contributed by atoms with Crippen molar-refractivity contribution in [3.05, 3.63) is 63.9 Å². The highest BCUT2D eigenvalue weighted by atomic mass is 79.9. The van der Waals surface area contributed by atoms with Gasteiger partial charge in [-0.2, -0.15) is 0 Å². The molecule has 3 rings (SSSR count). The predicted molar refractivity (Wildman–Crippen MR) is 75.4 cm³/mol. The minimum Gasteiger partial charge on any atom is -0.381 e. The Hall–Kier alpha value is -1.35. The van der Waals surface area contributed by atoms with Crippen molar-refractivity contribution in [3.8, 4) is 0 Å². The summed E-state index contributed by atoms with van der Waals surface area (Å²) in [4.78, 5) is 0. The molecular weight excluding hydrogens is 293 g/mol. The molecule has 0 bridgehead atoms. The first-order chi connectivity index (χ1) is 8.72. The summed E-state index contributed by atoms with van der Waals surface area (Å²) < 4.78 is 13.8. The monoisotopic (exact) mass is 305 g/mol. The van der Waals surface area contributed by atoms with Crippen molar-refractivity contribution in [1.29, 1.82) is 0 Å². The first kappa shape index (κ1) is 11.7. The van der Waals surface area contributed by atoms with Gasteiger partial charge in [0.1, 0.15) is 5.82 Å². The summed E-state index contributed by atoms with van der Waals surface area (Å²) >= 11 is 3.39. The fraction of sp³-hybridized carbons (Fsp3) is 0.200. The molecule has 1 aliphatic rings. The van der Waals surface area contributed by atoms with Gasteiger partial charge in [-0.3, -0.25) is 0 Å². The second-order valence-corrected chi connectivity index (χ2v) is 5.50. The first-order valence-corrected chi connectivity index (χ1v) is 6.80. The van der Waals surface area contributed by atoms with Gasteiger partial charge in [-0.1, -0.05) is 24.3 Å². The summed E-state index contributed by atoms with van der Waals surface area (Å²) in [5.74, 6) is -0.220. The number of rotatable bonds is 2. The zero-order valence-electron chi connectivity index (χ0n) is 9.79. The number of halogens is 2. The van der Waals surface area contributed by atoms with Gasteiger partial charge in [0.15, 0.2) is 0 Å². The van der Waals surface area contributed by atoms with Gasteiger partial charge in [-0.05, 0) is 58.1 Å². The number of fused-ring (bicyclic) bond motifs is 1. The molecule has 0 fully saturated rings. The SMILES string of the molecule is Fc1ccc(NC2Cc3ccccc3C2)c(Br)c1. The summed E-state index contributed by atoms with van der Waals surface area (Å²) in [6.07, 6.45) is 2.06. The van der Waals surface area contributed by atoms with Crippen molar-refractivity contribution in [2.45, 2.75) is 18.9 Å². The first-order valence-electron chi connectivity index (χ1n) is 6.01. The number of nitrogens with one attached hydrogen (secondary N) is 1. The molecule has 0 atom stereocenters. The van der Waals surface area contributed by atoms with Crippen LogP contribution in [0.5, 0.6) is 0 Å². The van der Waals surface area contributed by atoms with Crippen LogP contribution in [0.2, 0.25) is 0 Å². The van der Waals surface area contributed by atoms with E-state index >= 15 is 0 Å². The molecule has 0 saturated heterocycles. The number of benzene rings is 2. The molecular formula is C15H13BrFN. The van der Waals surface area contributed by atoms with Crippen LogP contribution in [0, 0.1) is 5.82 Å². The lowest BCUT2D eigenvalue weighted by molar-refractivity contribution is 0.627. The molecule has 0 unspecified atom stereocenters. The van der Waals surface area contributed by atoms with Gasteiger partial charge in [0, 0.05) is 16.2 Å². The van der Waals surface area contributed by atoms with Crippen molar-refractivity contribution in [2.24, 2.45) is 0 Å². The molecule has 2 aromatic rings. The average Bonchev–Trinajstić information content (AvgIpc) is 2.75. The Labute approximate surface area is 114 Å². The zero-order valence-corrected chi connectivity index (χ0v) is 11.4. The van der Waals surface area contributed by atoms with Crippen molar-refractivity contribution in [1.82, 2.24) is 0 Å². The number of hydrogen-bond acceptors (Lipinski definition) is 1. The van der Waals surface area contributed by atoms with Gasteiger partial charge in [0.2, 0.25) is 0 Å². The standard InChI is InChI=1S/C15H13BrFN/c16-14-9-12(17)5-6-15(14)18-13-7-10-3-1-2-4-11(10)8-13/h1-6,9,13,18H,7-8H2. The molecule has 0 spiro atoms. The second-order valence-electron chi connectivity index (χ2n) is 4.64. The minimum atomic E-state index is -0.220. The summed E-state index contributed by atoms with van der Waals surface area (Å²) in [6.45, 7) is 0. The van der Waals surface area contributed by atoms with E-state index in [0.717, 1.165) is 23.0 Å². The highest BCUT2D eigenvalue weighted by Crippen LogP contribution is 2.28. The quantitative estimate of drug-likeness (QED) is 0.878. The van der Waals surface area contributed by atoms with Crippen LogP contribution in [0.1, 0.15) is 11.1 Å². The Bertz CT molecular complexity index is 557. The highest BCUT2D eigenvalue weighted by molar-refractivity contribution is 9.10. The molecule has 0 amide bonds. The van der Waals surface area contributed by atoms with E-state index in [1.54, 1.807) is 6.07 Å². The molecule has 1 N–H and O–H groups in total. The third kappa shape index (κ3) is 2.27. The molecule has 1 aliphatic carbocycles. The lowest BCUT2D eigenvalue weighted by Crippen LogP contribution is -2.19. The normalized spacial score (nSPS) is 14.6. The van der Waals surface area contributed by atoms with Crippen LogP contribution in [0.25, 0.3) is 0 Å². The molecule has 0 aliphatic heterocycles. The fourth-order valence-corrected chi connectivity index (χ4v) is 2.95. The summed E-state index contributed by atoms with van der Waals surface area (Å²) in [5, 5.41) is 3.47. The smallest absolute Gasteiger partial charge is 0.124 e. The Morgan fingerprint density at radius 2 is 1.72 bits per heavy atom. The van der Waals surface area contributed by atoms with E-state index in [-0.39, 0.29) is 5.82 Å². The van der Waals surface area contributed by atoms with E-state index in [4.69, 9.17) is 0 Å². The molecule has 1 nitrogen and oxygen atoms in total. The largest absolute Gasteiger partial charge is 0.381 e. The summed E-state index contributed by atoms with van der Waals surface area (Å²) in [7, 11) is 0. The van der Waals surface area contributed by atoms with E-state index < -0.39 is 0 Å². The fourth-order valence-electron chi connectivity index (χ4n) is 2.49. The zero-order chi connectivity index (χ0) is 12.5. The predicted octanol–water partition coefficient (Wildman–Crippen LogP) is 4.17. The van der Waals surface area contributed by atoms with E-state index in [2.05, 4.69) is 45.5 Å². The van der Waals surface area contributed by atoms with Crippen molar-refractivity contribution in [3.63, 3.8) is 0 Å². The van der Waals surface area contributed by atoms with E-state index in [1.807, 2.05) is 0 Å².